The number of anilines is 1. The van der Waals surface area contributed by atoms with E-state index in [4.69, 9.17) is 33.7 Å². The Labute approximate surface area is 132 Å². The zero-order valence-electron chi connectivity index (χ0n) is 11.6. The Hall–Kier alpha value is -1.46. The van der Waals surface area contributed by atoms with Crippen LogP contribution in [0, 0.1) is 0 Å². The standard InChI is InChI=1S/C14H16Cl2N2O3/c1-21-14(20)11-4-2-3-5-18(11)13(19)8-6-9(15)12(17)10(16)7-8/h6-7,11H,2-5,17H2,1H3. The highest BCUT2D eigenvalue weighted by molar-refractivity contribution is 6.39. The van der Waals surface area contributed by atoms with Crippen molar-refractivity contribution in [3.05, 3.63) is 27.7 Å². The van der Waals surface area contributed by atoms with Crippen molar-refractivity contribution in [3.8, 4) is 0 Å². The highest BCUT2D eigenvalue weighted by atomic mass is 35.5. The number of carbonyl (C=O) groups excluding carboxylic acids is 2. The molecule has 1 atom stereocenters. The number of ether oxygens (including phenoxy) is 1. The van der Waals surface area contributed by atoms with Crippen LogP contribution in [0.3, 0.4) is 0 Å². The SMILES string of the molecule is COC(=O)C1CCCCN1C(=O)c1cc(Cl)c(N)c(Cl)c1. The van der Waals surface area contributed by atoms with Crippen LogP contribution in [0.15, 0.2) is 12.1 Å². The van der Waals surface area contributed by atoms with Crippen molar-refractivity contribution in [1.29, 1.82) is 0 Å². The number of amides is 1. The lowest BCUT2D eigenvalue weighted by Gasteiger charge is -2.33. The highest BCUT2D eigenvalue weighted by Crippen LogP contribution is 2.30. The lowest BCUT2D eigenvalue weighted by Crippen LogP contribution is -2.48. The van der Waals surface area contributed by atoms with Crippen molar-refractivity contribution in [2.75, 3.05) is 19.4 Å². The van der Waals surface area contributed by atoms with Gasteiger partial charge in [0.2, 0.25) is 0 Å². The number of carbonyl (C=O) groups is 2. The van der Waals surface area contributed by atoms with Crippen molar-refractivity contribution in [3.63, 3.8) is 0 Å². The Morgan fingerprint density at radius 3 is 2.48 bits per heavy atom. The number of hydrogen-bond acceptors (Lipinski definition) is 4. The van der Waals surface area contributed by atoms with Gasteiger partial charge in [-0.3, -0.25) is 4.79 Å². The molecular weight excluding hydrogens is 315 g/mol. The van der Waals surface area contributed by atoms with Gasteiger partial charge in [-0.2, -0.15) is 0 Å². The van der Waals surface area contributed by atoms with Gasteiger partial charge in [-0.1, -0.05) is 23.2 Å². The van der Waals surface area contributed by atoms with E-state index in [0.29, 0.717) is 18.5 Å². The second-order valence-corrected chi connectivity index (χ2v) is 5.70. The number of nitrogens with two attached hydrogens (primary N) is 1. The average molecular weight is 331 g/mol. The monoisotopic (exact) mass is 330 g/mol. The molecule has 0 aromatic heterocycles. The van der Waals surface area contributed by atoms with Crippen LogP contribution in [0.4, 0.5) is 5.69 Å². The van der Waals surface area contributed by atoms with E-state index in [9.17, 15) is 9.59 Å². The summed E-state index contributed by atoms with van der Waals surface area (Å²) in [6.07, 6.45) is 2.32. The molecule has 1 aromatic carbocycles. The van der Waals surface area contributed by atoms with Crippen LogP contribution in [0.5, 0.6) is 0 Å². The first kappa shape index (κ1) is 15.9. The van der Waals surface area contributed by atoms with Crippen LogP contribution in [-0.2, 0) is 9.53 Å². The molecule has 0 saturated carbocycles. The topological polar surface area (TPSA) is 72.6 Å². The van der Waals surface area contributed by atoms with Crippen LogP contribution >= 0.6 is 23.2 Å². The molecule has 5 nitrogen and oxygen atoms in total. The van der Waals surface area contributed by atoms with Gasteiger partial charge in [-0.15, -0.1) is 0 Å². The molecule has 1 fully saturated rings. The fourth-order valence-electron chi connectivity index (χ4n) is 2.43. The van der Waals surface area contributed by atoms with Crippen molar-refractivity contribution < 1.29 is 14.3 Å². The first-order valence-corrected chi connectivity index (χ1v) is 7.34. The second-order valence-electron chi connectivity index (χ2n) is 4.89. The number of nitrogens with zero attached hydrogens (tertiary/aromatic N) is 1. The van der Waals surface area contributed by atoms with Gasteiger partial charge in [0.25, 0.3) is 5.91 Å². The molecule has 2 N–H and O–H groups in total. The van der Waals surface area contributed by atoms with Crippen LogP contribution in [-0.4, -0.2) is 36.5 Å². The highest BCUT2D eigenvalue weighted by Gasteiger charge is 2.33. The van der Waals surface area contributed by atoms with E-state index >= 15 is 0 Å². The molecule has 1 aromatic rings. The maximum Gasteiger partial charge on any atom is 0.328 e. The van der Waals surface area contributed by atoms with Gasteiger partial charge in [-0.25, -0.2) is 4.79 Å². The summed E-state index contributed by atoms with van der Waals surface area (Å²) in [5, 5.41) is 0.440. The Bertz CT molecular complexity index is 554. The quantitative estimate of drug-likeness (QED) is 0.668. The van der Waals surface area contributed by atoms with E-state index in [2.05, 4.69) is 0 Å². The molecule has 7 heteroatoms. The maximum absolute atomic E-state index is 12.6. The minimum absolute atomic E-state index is 0.220. The van der Waals surface area contributed by atoms with E-state index < -0.39 is 12.0 Å². The van der Waals surface area contributed by atoms with Crippen LogP contribution in [0.2, 0.25) is 10.0 Å². The zero-order chi connectivity index (χ0) is 15.6. The summed E-state index contributed by atoms with van der Waals surface area (Å²) in [6.45, 7) is 0.498. The summed E-state index contributed by atoms with van der Waals surface area (Å²) < 4.78 is 4.77. The Morgan fingerprint density at radius 2 is 1.90 bits per heavy atom. The molecule has 0 bridgehead atoms. The molecule has 1 amide bonds. The predicted octanol–water partition coefficient (Wildman–Crippen LogP) is 2.74. The molecule has 1 aliphatic heterocycles. The fourth-order valence-corrected chi connectivity index (χ4v) is 2.92. The van der Waals surface area contributed by atoms with Crippen molar-refractivity contribution in [2.45, 2.75) is 25.3 Å². The third kappa shape index (κ3) is 3.24. The molecule has 21 heavy (non-hydrogen) atoms. The number of nitrogen functional groups attached to an aromatic ring is 1. The summed E-state index contributed by atoms with van der Waals surface area (Å²) in [4.78, 5) is 25.9. The number of likely N-dealkylation sites (tertiary alicyclic amines) is 1. The maximum atomic E-state index is 12.6. The van der Waals surface area contributed by atoms with Gasteiger partial charge in [0.15, 0.2) is 0 Å². The van der Waals surface area contributed by atoms with Gasteiger partial charge in [0, 0.05) is 12.1 Å². The molecule has 2 rings (SSSR count). The summed E-state index contributed by atoms with van der Waals surface area (Å²) in [5.41, 5.74) is 6.21. The molecule has 1 heterocycles. The summed E-state index contributed by atoms with van der Waals surface area (Å²) in [5.74, 6) is -0.704. The summed E-state index contributed by atoms with van der Waals surface area (Å²) in [7, 11) is 1.32. The first-order chi connectivity index (χ1) is 9.95. The number of halogens is 2. The van der Waals surface area contributed by atoms with Gasteiger partial charge >= 0.3 is 5.97 Å². The van der Waals surface area contributed by atoms with E-state index in [-0.39, 0.29) is 21.6 Å². The lowest BCUT2D eigenvalue weighted by molar-refractivity contribution is -0.147. The Morgan fingerprint density at radius 1 is 1.29 bits per heavy atom. The van der Waals surface area contributed by atoms with Crippen LogP contribution in [0.1, 0.15) is 29.6 Å². The molecule has 114 valence electrons. The summed E-state index contributed by atoms with van der Waals surface area (Å²) >= 11 is 11.9. The number of hydrogen-bond donors (Lipinski definition) is 1. The number of esters is 1. The van der Waals surface area contributed by atoms with Gasteiger partial charge in [-0.05, 0) is 31.4 Å². The average Bonchev–Trinajstić information content (AvgIpc) is 2.50. The Balaban J connectivity index is 2.31. The molecular formula is C14H16Cl2N2O3. The third-order valence-corrected chi connectivity index (χ3v) is 4.19. The van der Waals surface area contributed by atoms with E-state index in [1.807, 2.05) is 0 Å². The number of methoxy groups -OCH3 is 1. The second kappa shape index (κ2) is 6.54. The molecule has 0 spiro atoms. The van der Waals surface area contributed by atoms with Gasteiger partial charge in [0.1, 0.15) is 6.04 Å². The first-order valence-electron chi connectivity index (χ1n) is 6.59. The van der Waals surface area contributed by atoms with Crippen molar-refractivity contribution in [1.82, 2.24) is 4.90 Å². The third-order valence-electron chi connectivity index (χ3n) is 3.56. The largest absolute Gasteiger partial charge is 0.467 e. The predicted molar refractivity (Wildman–Crippen MR) is 81.6 cm³/mol. The lowest BCUT2D eigenvalue weighted by atomic mass is 10.0. The molecule has 1 unspecified atom stereocenters. The smallest absolute Gasteiger partial charge is 0.328 e. The van der Waals surface area contributed by atoms with Gasteiger partial charge in [0.05, 0.1) is 22.8 Å². The summed E-state index contributed by atoms with van der Waals surface area (Å²) in [6, 6.07) is 2.37. The number of benzene rings is 1. The van der Waals surface area contributed by atoms with Crippen LogP contribution in [0.25, 0.3) is 0 Å². The van der Waals surface area contributed by atoms with E-state index in [1.165, 1.54) is 24.1 Å². The fraction of sp³-hybridized carbons (Fsp3) is 0.429. The molecule has 1 aliphatic rings. The molecule has 1 saturated heterocycles. The molecule has 0 radical (unpaired) electrons. The molecule has 0 aliphatic carbocycles. The van der Waals surface area contributed by atoms with Crippen molar-refractivity contribution in [2.24, 2.45) is 0 Å². The van der Waals surface area contributed by atoms with Gasteiger partial charge < -0.3 is 15.4 Å². The van der Waals surface area contributed by atoms with E-state index in [0.717, 1.165) is 12.8 Å². The zero-order valence-corrected chi connectivity index (χ0v) is 13.1. The Kier molecular flexibility index (Phi) is 4.96. The number of piperidine rings is 1. The van der Waals surface area contributed by atoms with Crippen molar-refractivity contribution >= 4 is 40.8 Å². The number of rotatable bonds is 2. The minimum atomic E-state index is -0.564. The van der Waals surface area contributed by atoms with E-state index in [1.54, 1.807) is 0 Å². The normalized spacial score (nSPS) is 18.4. The minimum Gasteiger partial charge on any atom is -0.467 e. The van der Waals surface area contributed by atoms with Crippen LogP contribution < -0.4 is 5.73 Å².